The van der Waals surface area contributed by atoms with Gasteiger partial charge in [-0.3, -0.25) is 4.79 Å². The van der Waals surface area contributed by atoms with Crippen molar-refractivity contribution in [3.05, 3.63) is 24.2 Å². The Morgan fingerprint density at radius 2 is 2.40 bits per heavy atom. The van der Waals surface area contributed by atoms with Crippen LogP contribution in [0.15, 0.2) is 23.0 Å². The molecular weight excluding hydrogens is 192 g/mol. The Hall–Kier alpha value is -1.29. The maximum Gasteiger partial charge on any atom is 0.233 e. The fraction of sp³-hybridized carbons (Fsp3) is 0.545. The molecule has 0 bridgehead atoms. The molecule has 0 aliphatic heterocycles. The van der Waals surface area contributed by atoms with Crippen molar-refractivity contribution >= 4 is 5.91 Å². The summed E-state index contributed by atoms with van der Waals surface area (Å²) >= 11 is 0. The van der Waals surface area contributed by atoms with E-state index in [1.807, 2.05) is 19.9 Å². The van der Waals surface area contributed by atoms with Crippen LogP contribution in [0.25, 0.3) is 0 Å². The zero-order chi connectivity index (χ0) is 11.1. The number of carbonyl (C=O) groups excluding carboxylic acids is 1. The van der Waals surface area contributed by atoms with E-state index in [4.69, 9.17) is 4.42 Å². The Morgan fingerprint density at radius 3 is 3.00 bits per heavy atom. The highest BCUT2D eigenvalue weighted by molar-refractivity contribution is 5.77. The quantitative estimate of drug-likeness (QED) is 0.747. The van der Waals surface area contributed by atoms with Crippen LogP contribution in [-0.2, 0) is 4.79 Å². The van der Waals surface area contributed by atoms with Crippen molar-refractivity contribution in [3.8, 4) is 0 Å². The Bertz CT molecular complexity index is 283. The van der Waals surface area contributed by atoms with E-state index in [-0.39, 0.29) is 11.9 Å². The van der Waals surface area contributed by atoms with E-state index >= 15 is 0 Å². The van der Waals surface area contributed by atoms with Crippen LogP contribution >= 0.6 is 0 Å². The monoisotopic (exact) mass is 210 g/mol. The van der Waals surface area contributed by atoms with Crippen molar-refractivity contribution in [2.75, 3.05) is 13.1 Å². The molecule has 0 spiro atoms. The van der Waals surface area contributed by atoms with Gasteiger partial charge in [0, 0.05) is 18.2 Å². The van der Waals surface area contributed by atoms with Crippen LogP contribution in [0.5, 0.6) is 0 Å². The lowest BCUT2D eigenvalue weighted by atomic mass is 10.2. The van der Waals surface area contributed by atoms with Crippen molar-refractivity contribution in [2.45, 2.75) is 26.3 Å². The summed E-state index contributed by atoms with van der Waals surface area (Å²) in [7, 11) is 0. The van der Waals surface area contributed by atoms with Gasteiger partial charge in [-0.25, -0.2) is 0 Å². The molecule has 4 heteroatoms. The van der Waals surface area contributed by atoms with E-state index < -0.39 is 0 Å². The number of amides is 1. The van der Waals surface area contributed by atoms with Gasteiger partial charge in [0.1, 0.15) is 0 Å². The normalized spacial score (nSPS) is 12.4. The molecule has 4 nitrogen and oxygen atoms in total. The minimum Gasteiger partial charge on any atom is -0.472 e. The molecule has 15 heavy (non-hydrogen) atoms. The molecule has 0 aliphatic rings. The molecule has 84 valence electrons. The Balaban J connectivity index is 2.22. The average Bonchev–Trinajstić information content (AvgIpc) is 2.76. The van der Waals surface area contributed by atoms with E-state index in [0.29, 0.717) is 6.54 Å². The highest BCUT2D eigenvalue weighted by Gasteiger charge is 2.07. The number of carbonyl (C=O) groups is 1. The minimum atomic E-state index is 0.0344. The second kappa shape index (κ2) is 6.24. The lowest BCUT2D eigenvalue weighted by Crippen LogP contribution is -2.35. The molecule has 2 N–H and O–H groups in total. The number of furan rings is 1. The summed E-state index contributed by atoms with van der Waals surface area (Å²) in [6, 6.07) is 2.03. The number of hydrogen-bond donors (Lipinski definition) is 2. The average molecular weight is 210 g/mol. The summed E-state index contributed by atoms with van der Waals surface area (Å²) in [5.41, 5.74) is 1.05. The molecule has 1 amide bonds. The summed E-state index contributed by atoms with van der Waals surface area (Å²) in [6.07, 6.45) is 4.27. The summed E-state index contributed by atoms with van der Waals surface area (Å²) < 4.78 is 4.97. The van der Waals surface area contributed by atoms with Gasteiger partial charge in [0.25, 0.3) is 0 Å². The van der Waals surface area contributed by atoms with E-state index in [1.165, 1.54) is 0 Å². The van der Waals surface area contributed by atoms with Crippen LogP contribution in [0.3, 0.4) is 0 Å². The van der Waals surface area contributed by atoms with Crippen LogP contribution < -0.4 is 10.6 Å². The zero-order valence-electron chi connectivity index (χ0n) is 9.25. The maximum absolute atomic E-state index is 11.3. The molecule has 0 saturated carbocycles. The van der Waals surface area contributed by atoms with Crippen LogP contribution in [0.4, 0.5) is 0 Å². The summed E-state index contributed by atoms with van der Waals surface area (Å²) in [5.74, 6) is 0.0344. The molecule has 1 unspecified atom stereocenters. The molecule has 1 heterocycles. The smallest absolute Gasteiger partial charge is 0.233 e. The van der Waals surface area contributed by atoms with Gasteiger partial charge in [0.15, 0.2) is 0 Å². The third kappa shape index (κ3) is 4.16. The standard InChI is InChI=1S/C11H18N2O2/c1-3-5-12-11(14)7-13-9(2)10-4-6-15-8-10/h4,6,8-9,13H,3,5,7H2,1-2H3,(H,12,14). The largest absolute Gasteiger partial charge is 0.472 e. The third-order valence-electron chi connectivity index (χ3n) is 2.18. The maximum atomic E-state index is 11.3. The second-order valence-electron chi connectivity index (χ2n) is 3.51. The molecule has 1 atom stereocenters. The van der Waals surface area contributed by atoms with Gasteiger partial charge >= 0.3 is 0 Å². The lowest BCUT2D eigenvalue weighted by molar-refractivity contribution is -0.120. The van der Waals surface area contributed by atoms with Crippen LogP contribution in [0.1, 0.15) is 31.9 Å². The van der Waals surface area contributed by atoms with Crippen molar-refractivity contribution < 1.29 is 9.21 Å². The number of nitrogens with one attached hydrogen (secondary N) is 2. The first-order valence-electron chi connectivity index (χ1n) is 5.26. The predicted octanol–water partition coefficient (Wildman–Crippen LogP) is 1.46. The van der Waals surface area contributed by atoms with Gasteiger partial charge in [0.2, 0.25) is 5.91 Å². The zero-order valence-corrected chi connectivity index (χ0v) is 9.25. The predicted molar refractivity (Wildman–Crippen MR) is 58.4 cm³/mol. The van der Waals surface area contributed by atoms with Gasteiger partial charge in [-0.15, -0.1) is 0 Å². The van der Waals surface area contributed by atoms with Gasteiger partial charge in [-0.05, 0) is 19.4 Å². The van der Waals surface area contributed by atoms with Gasteiger partial charge < -0.3 is 15.1 Å². The fourth-order valence-corrected chi connectivity index (χ4v) is 1.21. The molecule has 1 rings (SSSR count). The van der Waals surface area contributed by atoms with E-state index in [0.717, 1.165) is 18.5 Å². The molecule has 0 aliphatic carbocycles. The first kappa shape index (κ1) is 11.8. The number of hydrogen-bond acceptors (Lipinski definition) is 3. The molecule has 0 aromatic carbocycles. The summed E-state index contributed by atoms with van der Waals surface area (Å²) in [4.78, 5) is 11.3. The van der Waals surface area contributed by atoms with Crippen molar-refractivity contribution in [1.82, 2.24) is 10.6 Å². The minimum absolute atomic E-state index is 0.0344. The first-order valence-corrected chi connectivity index (χ1v) is 5.26. The SMILES string of the molecule is CCCNC(=O)CNC(C)c1ccoc1. The van der Waals surface area contributed by atoms with Gasteiger partial charge in [-0.1, -0.05) is 6.92 Å². The highest BCUT2D eigenvalue weighted by Crippen LogP contribution is 2.11. The summed E-state index contributed by atoms with van der Waals surface area (Å²) in [5, 5.41) is 5.93. The fourth-order valence-electron chi connectivity index (χ4n) is 1.21. The molecule has 1 aromatic rings. The lowest BCUT2D eigenvalue weighted by Gasteiger charge is -2.11. The van der Waals surface area contributed by atoms with Crippen LogP contribution in [0.2, 0.25) is 0 Å². The van der Waals surface area contributed by atoms with Gasteiger partial charge in [-0.2, -0.15) is 0 Å². The van der Waals surface area contributed by atoms with E-state index in [2.05, 4.69) is 10.6 Å². The van der Waals surface area contributed by atoms with Crippen molar-refractivity contribution in [3.63, 3.8) is 0 Å². The Kier molecular flexibility index (Phi) is 4.90. The van der Waals surface area contributed by atoms with Gasteiger partial charge in [0.05, 0.1) is 19.1 Å². The molecule has 0 radical (unpaired) electrons. The number of rotatable bonds is 6. The second-order valence-corrected chi connectivity index (χ2v) is 3.51. The van der Waals surface area contributed by atoms with E-state index in [1.54, 1.807) is 12.5 Å². The summed E-state index contributed by atoms with van der Waals surface area (Å²) in [6.45, 7) is 5.10. The first-order chi connectivity index (χ1) is 7.24. The highest BCUT2D eigenvalue weighted by atomic mass is 16.3. The van der Waals surface area contributed by atoms with E-state index in [9.17, 15) is 4.79 Å². The third-order valence-corrected chi connectivity index (χ3v) is 2.18. The Morgan fingerprint density at radius 1 is 1.60 bits per heavy atom. The van der Waals surface area contributed by atoms with Crippen molar-refractivity contribution in [2.24, 2.45) is 0 Å². The topological polar surface area (TPSA) is 54.3 Å². The van der Waals surface area contributed by atoms with Crippen LogP contribution in [-0.4, -0.2) is 19.0 Å². The van der Waals surface area contributed by atoms with Crippen molar-refractivity contribution in [1.29, 1.82) is 0 Å². The Labute approximate surface area is 90.0 Å². The molecule has 0 fully saturated rings. The van der Waals surface area contributed by atoms with Crippen LogP contribution in [0, 0.1) is 0 Å². The molecule has 0 saturated heterocycles. The molecular formula is C11H18N2O2. The molecule has 1 aromatic heterocycles.